The van der Waals surface area contributed by atoms with E-state index >= 15 is 0 Å². The zero-order chi connectivity index (χ0) is 13.8. The Morgan fingerprint density at radius 2 is 2.16 bits per heavy atom. The molecule has 0 saturated carbocycles. The zero-order valence-electron chi connectivity index (χ0n) is 11.3. The molecule has 0 bridgehead atoms. The molecule has 1 atom stereocenters. The number of likely N-dealkylation sites (N-methyl/N-ethyl adjacent to an activating group) is 1. The monoisotopic (exact) mass is 278 g/mol. The summed E-state index contributed by atoms with van der Waals surface area (Å²) in [6, 6.07) is 8.85. The van der Waals surface area contributed by atoms with Gasteiger partial charge < -0.3 is 10.6 Å². The van der Waals surface area contributed by atoms with Crippen LogP contribution in [0, 0.1) is 5.82 Å². The Labute approximate surface area is 117 Å². The third-order valence-corrected chi connectivity index (χ3v) is 4.10. The number of nitrogens with zero attached hydrogens (tertiary/aromatic N) is 1. The van der Waals surface area contributed by atoms with Crippen molar-refractivity contribution < 1.29 is 4.39 Å². The molecule has 2 aromatic rings. The molecule has 0 amide bonds. The molecule has 1 heterocycles. The predicted octanol–water partition coefficient (Wildman–Crippen LogP) is 3.59. The molecule has 0 saturated heterocycles. The smallest absolute Gasteiger partial charge is 0.123 e. The maximum absolute atomic E-state index is 13.3. The minimum Gasteiger partial charge on any atom is -0.374 e. The molecule has 1 aromatic heterocycles. The first-order valence-electron chi connectivity index (χ1n) is 6.36. The first-order valence-corrected chi connectivity index (χ1v) is 7.24. The number of anilines is 1. The Hall–Kier alpha value is -1.39. The first-order chi connectivity index (χ1) is 9.08. The van der Waals surface area contributed by atoms with Crippen LogP contribution in [0.3, 0.4) is 0 Å². The molecular weight excluding hydrogens is 259 g/mol. The van der Waals surface area contributed by atoms with E-state index in [2.05, 4.69) is 22.4 Å². The summed E-state index contributed by atoms with van der Waals surface area (Å²) in [4.78, 5) is 3.49. The van der Waals surface area contributed by atoms with Gasteiger partial charge in [0, 0.05) is 30.2 Å². The Bertz CT molecular complexity index is 523. The van der Waals surface area contributed by atoms with Gasteiger partial charge in [0.15, 0.2) is 0 Å². The van der Waals surface area contributed by atoms with Gasteiger partial charge in [0.05, 0.1) is 0 Å². The molecule has 2 N–H and O–H groups in total. The molecule has 2 rings (SSSR count). The average molecular weight is 278 g/mol. The van der Waals surface area contributed by atoms with Gasteiger partial charge in [0.25, 0.3) is 0 Å². The number of rotatable bonds is 5. The molecule has 1 aromatic carbocycles. The van der Waals surface area contributed by atoms with Gasteiger partial charge in [-0.05, 0) is 48.6 Å². The van der Waals surface area contributed by atoms with Crippen molar-refractivity contribution in [3.05, 3.63) is 52.0 Å². The fourth-order valence-corrected chi connectivity index (χ4v) is 2.79. The topological polar surface area (TPSA) is 29.3 Å². The van der Waals surface area contributed by atoms with Crippen molar-refractivity contribution in [3.63, 3.8) is 0 Å². The highest BCUT2D eigenvalue weighted by molar-refractivity contribution is 7.09. The largest absolute Gasteiger partial charge is 0.374 e. The second-order valence-corrected chi connectivity index (χ2v) is 5.77. The van der Waals surface area contributed by atoms with Crippen LogP contribution in [0.15, 0.2) is 35.7 Å². The summed E-state index contributed by atoms with van der Waals surface area (Å²) in [6.07, 6.45) is 0.990. The lowest BCUT2D eigenvalue weighted by Gasteiger charge is -2.24. The molecule has 0 fully saturated rings. The SMILES string of the molecule is C[C@@H](N)c1cc(F)ccc1N(C)CCc1cccs1. The summed E-state index contributed by atoms with van der Waals surface area (Å²) in [5.41, 5.74) is 7.78. The van der Waals surface area contributed by atoms with Gasteiger partial charge in [0.1, 0.15) is 5.82 Å². The van der Waals surface area contributed by atoms with Crippen molar-refractivity contribution in [2.45, 2.75) is 19.4 Å². The van der Waals surface area contributed by atoms with Crippen LogP contribution in [-0.2, 0) is 6.42 Å². The Morgan fingerprint density at radius 1 is 1.37 bits per heavy atom. The summed E-state index contributed by atoms with van der Waals surface area (Å²) >= 11 is 1.76. The van der Waals surface area contributed by atoms with Gasteiger partial charge in [-0.15, -0.1) is 11.3 Å². The van der Waals surface area contributed by atoms with Gasteiger partial charge >= 0.3 is 0 Å². The van der Waals surface area contributed by atoms with Crippen LogP contribution < -0.4 is 10.6 Å². The fourth-order valence-electron chi connectivity index (χ4n) is 2.09. The summed E-state index contributed by atoms with van der Waals surface area (Å²) in [5.74, 6) is -0.234. The second-order valence-electron chi connectivity index (χ2n) is 4.74. The number of thiophene rings is 1. The second kappa shape index (κ2) is 6.17. The summed E-state index contributed by atoms with van der Waals surface area (Å²) < 4.78 is 13.3. The van der Waals surface area contributed by atoms with Crippen molar-refractivity contribution in [3.8, 4) is 0 Å². The van der Waals surface area contributed by atoms with E-state index < -0.39 is 0 Å². The first kappa shape index (κ1) is 14.0. The Kier molecular flexibility index (Phi) is 4.56. The van der Waals surface area contributed by atoms with E-state index in [4.69, 9.17) is 5.73 Å². The molecule has 0 radical (unpaired) electrons. The van der Waals surface area contributed by atoms with Gasteiger partial charge in [-0.25, -0.2) is 4.39 Å². The average Bonchev–Trinajstić information content (AvgIpc) is 2.88. The number of halogens is 1. The van der Waals surface area contributed by atoms with Gasteiger partial charge in [-0.1, -0.05) is 6.07 Å². The lowest BCUT2D eigenvalue weighted by Crippen LogP contribution is -2.23. The molecule has 0 aliphatic carbocycles. The molecule has 102 valence electrons. The number of benzene rings is 1. The van der Waals surface area contributed by atoms with Gasteiger partial charge in [-0.3, -0.25) is 0 Å². The van der Waals surface area contributed by atoms with Crippen molar-refractivity contribution in [2.24, 2.45) is 5.73 Å². The summed E-state index contributed by atoms with van der Waals surface area (Å²) in [6.45, 7) is 2.78. The van der Waals surface area contributed by atoms with E-state index in [9.17, 15) is 4.39 Å². The van der Waals surface area contributed by atoms with Gasteiger partial charge in [0.2, 0.25) is 0 Å². The lowest BCUT2D eigenvalue weighted by atomic mass is 10.1. The third-order valence-electron chi connectivity index (χ3n) is 3.17. The lowest BCUT2D eigenvalue weighted by molar-refractivity contribution is 0.622. The van der Waals surface area contributed by atoms with Crippen LogP contribution in [0.25, 0.3) is 0 Å². The normalized spacial score (nSPS) is 12.4. The third kappa shape index (κ3) is 3.55. The molecule has 0 unspecified atom stereocenters. The van der Waals surface area contributed by atoms with Crippen molar-refractivity contribution in [1.29, 1.82) is 0 Å². The van der Waals surface area contributed by atoms with Crippen molar-refractivity contribution in [2.75, 3.05) is 18.5 Å². The molecular formula is C15H19FN2S. The van der Waals surface area contributed by atoms with Crippen LogP contribution in [0.5, 0.6) is 0 Å². The van der Waals surface area contributed by atoms with E-state index in [1.54, 1.807) is 11.3 Å². The van der Waals surface area contributed by atoms with E-state index in [1.165, 1.54) is 17.0 Å². The highest BCUT2D eigenvalue weighted by Crippen LogP contribution is 2.25. The molecule has 19 heavy (non-hydrogen) atoms. The van der Waals surface area contributed by atoms with Crippen molar-refractivity contribution >= 4 is 17.0 Å². The highest BCUT2D eigenvalue weighted by atomic mass is 32.1. The van der Waals surface area contributed by atoms with Gasteiger partial charge in [-0.2, -0.15) is 0 Å². The zero-order valence-corrected chi connectivity index (χ0v) is 12.1. The molecule has 2 nitrogen and oxygen atoms in total. The minimum atomic E-state index is -0.234. The predicted molar refractivity (Wildman–Crippen MR) is 80.3 cm³/mol. The molecule has 0 aliphatic heterocycles. The molecule has 4 heteroatoms. The number of nitrogens with two attached hydrogens (primary N) is 1. The van der Waals surface area contributed by atoms with Crippen molar-refractivity contribution in [1.82, 2.24) is 0 Å². The standard InChI is InChI=1S/C15H19FN2S/c1-11(17)14-10-12(16)5-6-15(14)18(2)8-7-13-4-3-9-19-13/h3-6,9-11H,7-8,17H2,1-2H3/t11-/m1/s1. The minimum absolute atomic E-state index is 0.171. The summed E-state index contributed by atoms with van der Waals surface area (Å²) in [7, 11) is 2.02. The number of hydrogen-bond donors (Lipinski definition) is 1. The Balaban J connectivity index is 2.12. The Morgan fingerprint density at radius 3 is 2.79 bits per heavy atom. The van der Waals surface area contributed by atoms with Crippen LogP contribution in [-0.4, -0.2) is 13.6 Å². The quantitative estimate of drug-likeness (QED) is 0.905. The van der Waals surface area contributed by atoms with Crippen LogP contribution in [0.1, 0.15) is 23.4 Å². The summed E-state index contributed by atoms with van der Waals surface area (Å²) in [5, 5.41) is 2.08. The maximum Gasteiger partial charge on any atom is 0.123 e. The molecule has 0 aliphatic rings. The van der Waals surface area contributed by atoms with E-state index in [0.717, 1.165) is 24.2 Å². The fraction of sp³-hybridized carbons (Fsp3) is 0.333. The highest BCUT2D eigenvalue weighted by Gasteiger charge is 2.12. The maximum atomic E-state index is 13.3. The number of hydrogen-bond acceptors (Lipinski definition) is 3. The van der Waals surface area contributed by atoms with E-state index in [0.29, 0.717) is 0 Å². The van der Waals surface area contributed by atoms with Crippen LogP contribution in [0.2, 0.25) is 0 Å². The van der Waals surface area contributed by atoms with E-state index in [-0.39, 0.29) is 11.9 Å². The molecule has 0 spiro atoms. The van der Waals surface area contributed by atoms with Crippen LogP contribution >= 0.6 is 11.3 Å². The van der Waals surface area contributed by atoms with Crippen LogP contribution in [0.4, 0.5) is 10.1 Å². The van der Waals surface area contributed by atoms with E-state index in [1.807, 2.05) is 20.0 Å².